The lowest BCUT2D eigenvalue weighted by molar-refractivity contribution is -0.134. The van der Waals surface area contributed by atoms with E-state index in [0.29, 0.717) is 12.3 Å². The number of nitrogens with one attached hydrogen (secondary N) is 3. The van der Waals surface area contributed by atoms with E-state index < -0.39 is 6.04 Å². The molecule has 0 aromatic carbocycles. The summed E-state index contributed by atoms with van der Waals surface area (Å²) in [6, 6.07) is -0.878. The average molecular weight is 446 g/mol. The molecule has 2 aliphatic rings. The molecule has 0 radical (unpaired) electrons. The van der Waals surface area contributed by atoms with E-state index in [1.54, 1.807) is 14.0 Å². The lowest BCUT2D eigenvalue weighted by atomic mass is 9.76. The van der Waals surface area contributed by atoms with Gasteiger partial charge in [0.2, 0.25) is 11.8 Å². The third kappa shape index (κ3) is 6.31. The number of Topliss-reactive ketones (excluding diaryl/α,β-unsaturated/α-hetero) is 1. The van der Waals surface area contributed by atoms with E-state index in [4.69, 9.17) is 0 Å². The molecule has 0 bridgehead atoms. The van der Waals surface area contributed by atoms with Crippen molar-refractivity contribution in [2.24, 2.45) is 23.2 Å². The van der Waals surface area contributed by atoms with Gasteiger partial charge < -0.3 is 16.0 Å². The number of amides is 2. The van der Waals surface area contributed by atoms with Crippen LogP contribution >= 0.6 is 0 Å². The monoisotopic (exact) mass is 445 g/mol. The number of ketones is 1. The first-order valence-electron chi connectivity index (χ1n) is 12.1. The van der Waals surface area contributed by atoms with Crippen molar-refractivity contribution >= 4 is 17.6 Å². The van der Waals surface area contributed by atoms with Crippen molar-refractivity contribution in [3.05, 3.63) is 23.8 Å². The number of hydrogen-bond donors (Lipinski definition) is 3. The predicted octanol–water partition coefficient (Wildman–Crippen LogP) is 3.53. The van der Waals surface area contributed by atoms with Gasteiger partial charge in [-0.15, -0.1) is 0 Å². The standard InChI is InChI=1S/C26H43N3O3/c1-8-10-17(9-2)15-21(30)28-20-14-12-18-11-13-19(22(18)20)23(31)24(26(4,5)6)29-25(32)16(3)27-7/h8-10,16,18-20,22,24,27H,11-15H2,1-7H3,(H,28,30)(H,29,32)/b10-8-,17-9+/t16-,18-,19?,20-,22?,24?/m0/s1. The molecule has 0 aromatic rings. The van der Waals surface area contributed by atoms with Crippen LogP contribution in [0.25, 0.3) is 0 Å². The van der Waals surface area contributed by atoms with E-state index in [9.17, 15) is 14.4 Å². The van der Waals surface area contributed by atoms with Gasteiger partial charge in [-0.05, 0) is 76.3 Å². The number of carbonyl (C=O) groups excluding carboxylic acids is 3. The van der Waals surface area contributed by atoms with Crippen molar-refractivity contribution in [2.45, 2.75) is 91.8 Å². The summed E-state index contributed by atoms with van der Waals surface area (Å²) in [6.45, 7) is 11.7. The summed E-state index contributed by atoms with van der Waals surface area (Å²) in [5.41, 5.74) is 0.607. The van der Waals surface area contributed by atoms with Crippen LogP contribution in [0.5, 0.6) is 0 Å². The fraction of sp³-hybridized carbons (Fsp3) is 0.731. The van der Waals surface area contributed by atoms with Crippen LogP contribution in [0.15, 0.2) is 23.8 Å². The molecule has 0 spiro atoms. The zero-order valence-corrected chi connectivity index (χ0v) is 21.0. The minimum absolute atomic E-state index is 0.0171. The number of fused-ring (bicyclic) bond motifs is 1. The highest BCUT2D eigenvalue weighted by molar-refractivity contribution is 5.93. The van der Waals surface area contributed by atoms with Crippen LogP contribution in [0, 0.1) is 23.2 Å². The third-order valence-corrected chi connectivity index (χ3v) is 7.26. The Balaban J connectivity index is 2.15. The first-order chi connectivity index (χ1) is 15.0. The molecule has 2 fully saturated rings. The van der Waals surface area contributed by atoms with Gasteiger partial charge in [0.1, 0.15) is 0 Å². The van der Waals surface area contributed by atoms with Crippen molar-refractivity contribution in [2.75, 3.05) is 7.05 Å². The van der Waals surface area contributed by atoms with Crippen LogP contribution in [0.3, 0.4) is 0 Å². The number of carbonyl (C=O) groups is 3. The number of likely N-dealkylation sites (N-methyl/N-ethyl adjacent to an activating group) is 1. The minimum Gasteiger partial charge on any atom is -0.353 e. The first-order valence-corrected chi connectivity index (χ1v) is 12.1. The molecule has 0 heterocycles. The Kier molecular flexibility index (Phi) is 9.26. The van der Waals surface area contributed by atoms with Gasteiger partial charge in [0.05, 0.1) is 18.5 Å². The first kappa shape index (κ1) is 26.3. The molecule has 3 N–H and O–H groups in total. The summed E-state index contributed by atoms with van der Waals surface area (Å²) in [5, 5.41) is 9.20. The van der Waals surface area contributed by atoms with E-state index in [1.165, 1.54) is 0 Å². The molecule has 2 rings (SSSR count). The predicted molar refractivity (Wildman–Crippen MR) is 129 cm³/mol. The van der Waals surface area contributed by atoms with Gasteiger partial charge in [-0.25, -0.2) is 0 Å². The molecule has 2 amide bonds. The van der Waals surface area contributed by atoms with Crippen LogP contribution in [-0.4, -0.2) is 42.8 Å². The third-order valence-electron chi connectivity index (χ3n) is 7.26. The van der Waals surface area contributed by atoms with Crippen LogP contribution in [0.1, 0.15) is 73.6 Å². The van der Waals surface area contributed by atoms with E-state index in [-0.39, 0.29) is 46.9 Å². The van der Waals surface area contributed by atoms with E-state index >= 15 is 0 Å². The molecule has 6 heteroatoms. The number of hydrogen-bond acceptors (Lipinski definition) is 4. The van der Waals surface area contributed by atoms with Crippen LogP contribution in [0.2, 0.25) is 0 Å². The Hall–Kier alpha value is -1.95. The van der Waals surface area contributed by atoms with Gasteiger partial charge in [-0.3, -0.25) is 14.4 Å². The maximum absolute atomic E-state index is 13.8. The molecule has 6 atom stereocenters. The Labute approximate surface area is 194 Å². The average Bonchev–Trinajstić information content (AvgIpc) is 3.32. The van der Waals surface area contributed by atoms with E-state index in [2.05, 4.69) is 16.0 Å². The fourth-order valence-corrected chi connectivity index (χ4v) is 5.38. The zero-order valence-electron chi connectivity index (χ0n) is 21.0. The Morgan fingerprint density at radius 2 is 1.72 bits per heavy atom. The second kappa shape index (κ2) is 11.3. The van der Waals surface area contributed by atoms with Crippen molar-refractivity contribution in [1.29, 1.82) is 0 Å². The quantitative estimate of drug-likeness (QED) is 0.474. The van der Waals surface area contributed by atoms with Gasteiger partial charge in [0, 0.05) is 12.0 Å². The molecule has 0 saturated heterocycles. The molecule has 0 aromatic heterocycles. The highest BCUT2D eigenvalue weighted by atomic mass is 16.2. The lowest BCUT2D eigenvalue weighted by Gasteiger charge is -2.35. The van der Waals surface area contributed by atoms with Crippen LogP contribution < -0.4 is 16.0 Å². The molecule has 180 valence electrons. The SMILES string of the molecule is C/C=C\C(=C/C)CC(=O)N[C@H]1CC[C@@H]2CCC(C(=O)C(NC(=O)[C@H](C)NC)C(C)(C)C)C21. The highest BCUT2D eigenvalue weighted by Crippen LogP contribution is 2.49. The normalized spacial score (nSPS) is 27.8. The maximum Gasteiger partial charge on any atom is 0.237 e. The topological polar surface area (TPSA) is 87.3 Å². The molecule has 6 nitrogen and oxygen atoms in total. The Morgan fingerprint density at radius 3 is 2.28 bits per heavy atom. The molecule has 32 heavy (non-hydrogen) atoms. The molecular formula is C26H43N3O3. The fourth-order valence-electron chi connectivity index (χ4n) is 5.38. The van der Waals surface area contributed by atoms with Gasteiger partial charge in [-0.1, -0.05) is 39.0 Å². The summed E-state index contributed by atoms with van der Waals surface area (Å²) in [7, 11) is 1.74. The van der Waals surface area contributed by atoms with Crippen molar-refractivity contribution in [1.82, 2.24) is 16.0 Å². The second-order valence-corrected chi connectivity index (χ2v) is 10.5. The summed E-state index contributed by atoms with van der Waals surface area (Å²) in [6.07, 6.45) is 10.0. The smallest absolute Gasteiger partial charge is 0.237 e. The highest BCUT2D eigenvalue weighted by Gasteiger charge is 2.51. The summed E-state index contributed by atoms with van der Waals surface area (Å²) in [5.74, 6) is 0.479. The van der Waals surface area contributed by atoms with Gasteiger partial charge in [0.25, 0.3) is 0 Å². The number of rotatable bonds is 9. The summed E-state index contributed by atoms with van der Waals surface area (Å²) < 4.78 is 0. The largest absolute Gasteiger partial charge is 0.353 e. The molecule has 2 saturated carbocycles. The van der Waals surface area contributed by atoms with Gasteiger partial charge in [0.15, 0.2) is 5.78 Å². The summed E-state index contributed by atoms with van der Waals surface area (Å²) in [4.78, 5) is 39.1. The molecule has 0 aliphatic heterocycles. The Bertz CT molecular complexity index is 750. The van der Waals surface area contributed by atoms with Crippen molar-refractivity contribution in [3.63, 3.8) is 0 Å². The lowest BCUT2D eigenvalue weighted by Crippen LogP contribution is -2.56. The second-order valence-electron chi connectivity index (χ2n) is 10.5. The van der Waals surface area contributed by atoms with Crippen LogP contribution in [-0.2, 0) is 14.4 Å². The van der Waals surface area contributed by atoms with Crippen molar-refractivity contribution in [3.8, 4) is 0 Å². The van der Waals surface area contributed by atoms with Crippen molar-refractivity contribution < 1.29 is 14.4 Å². The van der Waals surface area contributed by atoms with E-state index in [0.717, 1.165) is 31.3 Å². The minimum atomic E-state index is -0.546. The van der Waals surface area contributed by atoms with Gasteiger partial charge >= 0.3 is 0 Å². The molecule has 3 unspecified atom stereocenters. The molecule has 2 aliphatic carbocycles. The van der Waals surface area contributed by atoms with Crippen LogP contribution in [0.4, 0.5) is 0 Å². The molecular weight excluding hydrogens is 402 g/mol. The number of allylic oxidation sites excluding steroid dienone is 3. The maximum atomic E-state index is 13.8. The zero-order chi connectivity index (χ0) is 24.1. The van der Waals surface area contributed by atoms with Gasteiger partial charge in [-0.2, -0.15) is 0 Å². The summed E-state index contributed by atoms with van der Waals surface area (Å²) >= 11 is 0. The Morgan fingerprint density at radius 1 is 1.06 bits per heavy atom. The van der Waals surface area contributed by atoms with E-state index in [1.807, 2.05) is 52.8 Å².